The van der Waals surface area contributed by atoms with Crippen LogP contribution in [-0.4, -0.2) is 31.1 Å². The summed E-state index contributed by atoms with van der Waals surface area (Å²) >= 11 is 0. The van der Waals surface area contributed by atoms with Gasteiger partial charge in [0.05, 0.1) is 18.2 Å². The molecule has 31 heavy (non-hydrogen) atoms. The zero-order valence-corrected chi connectivity index (χ0v) is 17.3. The molecular weight excluding hydrogens is 390 g/mol. The number of fused-ring (bicyclic) bond motifs is 3. The van der Waals surface area contributed by atoms with Gasteiger partial charge in [0.15, 0.2) is 5.76 Å². The van der Waals surface area contributed by atoms with Crippen molar-refractivity contribution in [3.05, 3.63) is 94.7 Å². The molecule has 5 rings (SSSR count). The zero-order chi connectivity index (χ0) is 21.2. The number of ether oxygens (including phenoxy) is 3. The van der Waals surface area contributed by atoms with Crippen LogP contribution >= 0.6 is 0 Å². The predicted octanol–water partition coefficient (Wildman–Crippen LogP) is 4.71. The Morgan fingerprint density at radius 1 is 1.03 bits per heavy atom. The highest BCUT2D eigenvalue weighted by Crippen LogP contribution is 2.42. The second-order valence-corrected chi connectivity index (χ2v) is 7.66. The highest BCUT2D eigenvalue weighted by atomic mass is 16.5. The van der Waals surface area contributed by atoms with Gasteiger partial charge in [0, 0.05) is 13.1 Å². The average Bonchev–Trinajstić information content (AvgIpc) is 3.14. The molecule has 2 aliphatic heterocycles. The van der Waals surface area contributed by atoms with E-state index in [1.165, 1.54) is 0 Å². The Hall–Kier alpha value is -3.57. The van der Waals surface area contributed by atoms with Gasteiger partial charge in [-0.3, -0.25) is 9.69 Å². The van der Waals surface area contributed by atoms with Crippen LogP contribution in [0, 0.1) is 0 Å². The van der Waals surface area contributed by atoms with E-state index < -0.39 is 0 Å². The van der Waals surface area contributed by atoms with Crippen molar-refractivity contribution in [2.45, 2.75) is 13.0 Å². The minimum Gasteiger partial charge on any atom is -0.496 e. The number of ketones is 1. The van der Waals surface area contributed by atoms with E-state index in [1.54, 1.807) is 19.3 Å². The van der Waals surface area contributed by atoms with Crippen molar-refractivity contribution >= 4 is 11.9 Å². The van der Waals surface area contributed by atoms with E-state index in [9.17, 15) is 4.79 Å². The Labute approximate surface area is 181 Å². The summed E-state index contributed by atoms with van der Waals surface area (Å²) in [6, 6.07) is 21.4. The van der Waals surface area contributed by atoms with Crippen LogP contribution in [0.15, 0.2) is 72.5 Å². The lowest BCUT2D eigenvalue weighted by Crippen LogP contribution is -2.33. The molecule has 3 aromatic carbocycles. The van der Waals surface area contributed by atoms with Crippen molar-refractivity contribution in [3.63, 3.8) is 0 Å². The van der Waals surface area contributed by atoms with Crippen molar-refractivity contribution < 1.29 is 19.0 Å². The number of methoxy groups -OCH3 is 1. The average molecular weight is 413 g/mol. The van der Waals surface area contributed by atoms with E-state index in [-0.39, 0.29) is 5.78 Å². The normalized spacial score (nSPS) is 16.4. The molecule has 5 nitrogen and oxygen atoms in total. The molecule has 0 amide bonds. The first-order chi connectivity index (χ1) is 15.2. The Kier molecular flexibility index (Phi) is 5.18. The first kappa shape index (κ1) is 19.4. The van der Waals surface area contributed by atoms with Gasteiger partial charge in [0.2, 0.25) is 5.78 Å². The fraction of sp³-hybridized carbons (Fsp3) is 0.192. The molecule has 5 heteroatoms. The van der Waals surface area contributed by atoms with Gasteiger partial charge in [-0.15, -0.1) is 0 Å². The molecule has 0 fully saturated rings. The summed E-state index contributed by atoms with van der Waals surface area (Å²) in [7, 11) is 1.69. The number of para-hydroxylation sites is 1. The third-order valence-electron chi connectivity index (χ3n) is 5.67. The number of allylic oxidation sites excluding steroid dienone is 1. The van der Waals surface area contributed by atoms with E-state index in [1.807, 2.05) is 54.6 Å². The predicted molar refractivity (Wildman–Crippen MR) is 118 cm³/mol. The number of rotatable bonds is 5. The number of carbonyl (C=O) groups excluding carboxylic acids is 1. The van der Waals surface area contributed by atoms with Crippen molar-refractivity contribution in [1.82, 2.24) is 4.90 Å². The maximum atomic E-state index is 12.9. The molecule has 2 heterocycles. The van der Waals surface area contributed by atoms with Gasteiger partial charge in [-0.1, -0.05) is 48.5 Å². The fourth-order valence-corrected chi connectivity index (χ4v) is 4.04. The van der Waals surface area contributed by atoms with Gasteiger partial charge in [-0.05, 0) is 41.8 Å². The maximum Gasteiger partial charge on any atom is 0.231 e. The summed E-state index contributed by atoms with van der Waals surface area (Å²) in [5.41, 5.74) is 3.61. The van der Waals surface area contributed by atoms with Crippen LogP contribution in [-0.2, 0) is 13.0 Å². The van der Waals surface area contributed by atoms with Crippen LogP contribution in [0.4, 0.5) is 0 Å². The van der Waals surface area contributed by atoms with E-state index >= 15 is 0 Å². The van der Waals surface area contributed by atoms with E-state index in [4.69, 9.17) is 14.2 Å². The number of hydrogen-bond acceptors (Lipinski definition) is 5. The van der Waals surface area contributed by atoms with Crippen LogP contribution in [0.5, 0.6) is 17.2 Å². The van der Waals surface area contributed by atoms with E-state index in [2.05, 4.69) is 11.0 Å². The maximum absolute atomic E-state index is 12.9. The van der Waals surface area contributed by atoms with Crippen LogP contribution in [0.3, 0.4) is 0 Å². The summed E-state index contributed by atoms with van der Waals surface area (Å²) in [6.45, 7) is 1.98. The van der Waals surface area contributed by atoms with E-state index in [0.29, 0.717) is 30.3 Å². The molecule has 156 valence electrons. The third kappa shape index (κ3) is 3.80. The minimum atomic E-state index is -0.0900. The summed E-state index contributed by atoms with van der Waals surface area (Å²) in [4.78, 5) is 15.1. The van der Waals surface area contributed by atoms with Crippen LogP contribution in [0.25, 0.3) is 6.08 Å². The van der Waals surface area contributed by atoms with Gasteiger partial charge in [0.1, 0.15) is 24.0 Å². The quantitative estimate of drug-likeness (QED) is 0.567. The molecule has 2 aliphatic rings. The molecule has 0 bridgehead atoms. The molecule has 0 saturated carbocycles. The molecule has 0 spiro atoms. The van der Waals surface area contributed by atoms with Crippen LogP contribution in [0.1, 0.15) is 27.0 Å². The fourth-order valence-electron chi connectivity index (χ4n) is 4.04. The zero-order valence-electron chi connectivity index (χ0n) is 17.3. The van der Waals surface area contributed by atoms with Gasteiger partial charge in [0.25, 0.3) is 0 Å². The largest absolute Gasteiger partial charge is 0.496 e. The molecule has 0 aromatic heterocycles. The highest BCUT2D eigenvalue weighted by Gasteiger charge is 2.33. The first-order valence-electron chi connectivity index (χ1n) is 10.3. The lowest BCUT2D eigenvalue weighted by molar-refractivity contribution is 0.0948. The van der Waals surface area contributed by atoms with Gasteiger partial charge < -0.3 is 14.2 Å². The molecule has 0 aliphatic carbocycles. The highest BCUT2D eigenvalue weighted by molar-refractivity contribution is 6.15. The molecular formula is C26H23NO4. The van der Waals surface area contributed by atoms with Crippen LogP contribution in [0.2, 0.25) is 0 Å². The second-order valence-electron chi connectivity index (χ2n) is 7.66. The van der Waals surface area contributed by atoms with Gasteiger partial charge >= 0.3 is 0 Å². The Morgan fingerprint density at radius 3 is 2.68 bits per heavy atom. The molecule has 0 atom stereocenters. The second kappa shape index (κ2) is 8.28. The molecule has 3 aromatic rings. The lowest BCUT2D eigenvalue weighted by Gasteiger charge is -2.29. The molecule has 0 unspecified atom stereocenters. The number of Topliss-reactive ketones (excluding diaryl/α,β-unsaturated/α-hetero) is 1. The first-order valence-corrected chi connectivity index (χ1v) is 10.3. The third-order valence-corrected chi connectivity index (χ3v) is 5.67. The van der Waals surface area contributed by atoms with Gasteiger partial charge in [-0.25, -0.2) is 0 Å². The SMILES string of the molecule is COc1ccccc1CCN1COc2ccc3c(c2C1)O/C(=C\c1ccccc1)C3=O. The number of benzene rings is 3. The molecule has 0 N–H and O–H groups in total. The van der Waals surface area contributed by atoms with Gasteiger partial charge in [-0.2, -0.15) is 0 Å². The topological polar surface area (TPSA) is 48.0 Å². The number of nitrogens with zero attached hydrogens (tertiary/aromatic N) is 1. The summed E-state index contributed by atoms with van der Waals surface area (Å²) in [6.07, 6.45) is 2.63. The summed E-state index contributed by atoms with van der Waals surface area (Å²) < 4.78 is 17.5. The smallest absolute Gasteiger partial charge is 0.231 e. The van der Waals surface area contributed by atoms with Crippen molar-refractivity contribution in [1.29, 1.82) is 0 Å². The number of carbonyl (C=O) groups is 1. The monoisotopic (exact) mass is 413 g/mol. The molecule has 0 radical (unpaired) electrons. The Bertz CT molecular complexity index is 1150. The number of hydrogen-bond donors (Lipinski definition) is 0. The minimum absolute atomic E-state index is 0.0900. The van der Waals surface area contributed by atoms with E-state index in [0.717, 1.165) is 41.2 Å². The summed E-state index contributed by atoms with van der Waals surface area (Å²) in [5.74, 6) is 2.55. The summed E-state index contributed by atoms with van der Waals surface area (Å²) in [5, 5.41) is 0. The molecule has 0 saturated heterocycles. The van der Waals surface area contributed by atoms with Crippen molar-refractivity contribution in [2.24, 2.45) is 0 Å². The lowest BCUT2D eigenvalue weighted by atomic mass is 10.0. The van der Waals surface area contributed by atoms with Crippen molar-refractivity contribution in [2.75, 3.05) is 20.4 Å². The van der Waals surface area contributed by atoms with Crippen LogP contribution < -0.4 is 14.2 Å². The standard InChI is InChI=1S/C26H23NO4/c1-29-22-10-6-5-9-19(22)13-14-27-16-21-23(30-17-27)12-11-20-25(28)24(31-26(20)21)15-18-7-3-2-4-8-18/h2-12,15H,13-14,16-17H2,1H3/b24-15-. The Morgan fingerprint density at radius 2 is 1.84 bits per heavy atom. The Balaban J connectivity index is 1.36. The van der Waals surface area contributed by atoms with Crippen molar-refractivity contribution in [3.8, 4) is 17.2 Å².